The molecule has 4 heteroatoms. The molecule has 1 aliphatic heterocycles. The van der Waals surface area contributed by atoms with Gasteiger partial charge in [0.05, 0.1) is 0 Å². The largest absolute Gasteiger partial charge is 0.486 e. The molecule has 0 spiro atoms. The minimum absolute atomic E-state index is 0.588. The minimum Gasteiger partial charge on any atom is -0.486 e. The number of fused-ring (bicyclic) bond motifs is 1. The van der Waals surface area contributed by atoms with Crippen LogP contribution in [0.1, 0.15) is 17.5 Å². The second-order valence-corrected chi connectivity index (χ2v) is 4.29. The van der Waals surface area contributed by atoms with Crippen LogP contribution in [0, 0.1) is 6.92 Å². The molecule has 0 bridgehead atoms. The van der Waals surface area contributed by atoms with E-state index in [0.29, 0.717) is 19.8 Å². The van der Waals surface area contributed by atoms with Crippen molar-refractivity contribution in [2.45, 2.75) is 19.8 Å². The Kier molecular flexibility index (Phi) is 3.56. The molecule has 16 heavy (non-hydrogen) atoms. The molecule has 0 saturated heterocycles. The molecule has 0 unspecified atom stereocenters. The molecule has 1 heterocycles. The van der Waals surface area contributed by atoms with Gasteiger partial charge < -0.3 is 15.2 Å². The van der Waals surface area contributed by atoms with Crippen molar-refractivity contribution in [2.75, 3.05) is 19.8 Å². The van der Waals surface area contributed by atoms with Crippen molar-refractivity contribution < 1.29 is 9.47 Å². The second kappa shape index (κ2) is 4.93. The smallest absolute Gasteiger partial charge is 0.164 e. The maximum absolute atomic E-state index is 6.23. The maximum atomic E-state index is 6.23. The fourth-order valence-corrected chi connectivity index (χ4v) is 2.27. The Morgan fingerprint density at radius 2 is 2.12 bits per heavy atom. The van der Waals surface area contributed by atoms with E-state index in [1.54, 1.807) is 0 Å². The zero-order valence-corrected chi connectivity index (χ0v) is 10.1. The minimum atomic E-state index is 0.588. The van der Waals surface area contributed by atoms with Gasteiger partial charge in [-0.3, -0.25) is 0 Å². The molecule has 0 amide bonds. The van der Waals surface area contributed by atoms with E-state index in [1.807, 2.05) is 13.0 Å². The Balaban J connectivity index is 2.37. The van der Waals surface area contributed by atoms with Gasteiger partial charge in [0.2, 0.25) is 0 Å². The molecule has 2 rings (SSSR count). The van der Waals surface area contributed by atoms with Crippen LogP contribution >= 0.6 is 11.6 Å². The summed E-state index contributed by atoms with van der Waals surface area (Å²) in [5, 5.41) is 0.746. The van der Waals surface area contributed by atoms with Crippen LogP contribution in [-0.4, -0.2) is 19.8 Å². The molecule has 3 nitrogen and oxygen atoms in total. The fraction of sp³-hybridized carbons (Fsp3) is 0.500. The first kappa shape index (κ1) is 11.6. The average molecular weight is 242 g/mol. The van der Waals surface area contributed by atoms with Gasteiger partial charge in [-0.25, -0.2) is 0 Å². The van der Waals surface area contributed by atoms with E-state index in [0.717, 1.165) is 40.5 Å². The molecule has 0 aromatic heterocycles. The molecule has 0 atom stereocenters. The highest BCUT2D eigenvalue weighted by Gasteiger charge is 2.19. The number of ether oxygens (including phenoxy) is 2. The average Bonchev–Trinajstić information content (AvgIpc) is 2.29. The monoisotopic (exact) mass is 241 g/mol. The number of hydrogen-bond acceptors (Lipinski definition) is 3. The molecule has 0 fully saturated rings. The molecule has 0 aliphatic carbocycles. The van der Waals surface area contributed by atoms with Gasteiger partial charge in [0, 0.05) is 11.1 Å². The van der Waals surface area contributed by atoms with Crippen LogP contribution in [0.3, 0.4) is 0 Å². The van der Waals surface area contributed by atoms with E-state index < -0.39 is 0 Å². The Hall–Kier alpha value is -0.930. The third-order valence-corrected chi connectivity index (χ3v) is 3.12. The molecule has 0 saturated carbocycles. The summed E-state index contributed by atoms with van der Waals surface area (Å²) in [6, 6.07) is 1.84. The van der Waals surface area contributed by atoms with Gasteiger partial charge in [-0.05, 0) is 37.4 Å². The van der Waals surface area contributed by atoms with E-state index in [9.17, 15) is 0 Å². The first-order chi connectivity index (χ1) is 7.74. The lowest BCUT2D eigenvalue weighted by Crippen LogP contribution is -2.17. The van der Waals surface area contributed by atoms with E-state index in [4.69, 9.17) is 26.8 Å². The zero-order valence-electron chi connectivity index (χ0n) is 9.38. The normalized spacial score (nSPS) is 13.9. The zero-order chi connectivity index (χ0) is 11.5. The number of benzene rings is 1. The summed E-state index contributed by atoms with van der Waals surface area (Å²) in [6.45, 7) is 3.88. The van der Waals surface area contributed by atoms with Crippen LogP contribution in [-0.2, 0) is 6.42 Å². The van der Waals surface area contributed by atoms with E-state index in [1.165, 1.54) is 0 Å². The molecular weight excluding hydrogens is 226 g/mol. The highest BCUT2D eigenvalue weighted by atomic mass is 35.5. The van der Waals surface area contributed by atoms with E-state index in [2.05, 4.69) is 0 Å². The predicted octanol–water partition coefficient (Wildman–Crippen LogP) is 2.31. The second-order valence-electron chi connectivity index (χ2n) is 3.88. The van der Waals surface area contributed by atoms with Crippen LogP contribution in [0.4, 0.5) is 0 Å². The van der Waals surface area contributed by atoms with Gasteiger partial charge in [0.1, 0.15) is 13.2 Å². The summed E-state index contributed by atoms with van der Waals surface area (Å²) in [5.74, 6) is 1.59. The Morgan fingerprint density at radius 3 is 2.88 bits per heavy atom. The van der Waals surface area contributed by atoms with Crippen LogP contribution < -0.4 is 15.2 Å². The van der Waals surface area contributed by atoms with Crippen molar-refractivity contribution in [3.63, 3.8) is 0 Å². The molecule has 1 aromatic rings. The van der Waals surface area contributed by atoms with Crippen LogP contribution in [0.2, 0.25) is 5.02 Å². The molecule has 1 aromatic carbocycles. The quantitative estimate of drug-likeness (QED) is 0.883. The van der Waals surface area contributed by atoms with Crippen LogP contribution in [0.25, 0.3) is 0 Å². The van der Waals surface area contributed by atoms with Crippen molar-refractivity contribution in [3.05, 3.63) is 22.2 Å². The summed E-state index contributed by atoms with van der Waals surface area (Å²) in [7, 11) is 0. The maximum Gasteiger partial charge on any atom is 0.164 e. The van der Waals surface area contributed by atoms with Crippen molar-refractivity contribution in [1.29, 1.82) is 0 Å². The van der Waals surface area contributed by atoms with Crippen molar-refractivity contribution in [2.24, 2.45) is 5.73 Å². The summed E-state index contributed by atoms with van der Waals surface area (Å²) in [4.78, 5) is 0. The first-order valence-corrected chi connectivity index (χ1v) is 5.89. The topological polar surface area (TPSA) is 44.5 Å². The third-order valence-electron chi connectivity index (χ3n) is 2.78. The Bertz CT molecular complexity index is 393. The van der Waals surface area contributed by atoms with Gasteiger partial charge in [-0.1, -0.05) is 11.6 Å². The molecule has 1 aliphatic rings. The third kappa shape index (κ3) is 2.11. The summed E-state index contributed by atoms with van der Waals surface area (Å²) >= 11 is 6.23. The Labute approximate surface area is 100 Å². The highest BCUT2D eigenvalue weighted by molar-refractivity contribution is 6.31. The SMILES string of the molecule is Cc1c(CCCN)c(Cl)cc2c1OCCO2. The molecular formula is C12H16ClNO2. The van der Waals surface area contributed by atoms with Crippen molar-refractivity contribution >= 4 is 11.6 Å². The number of rotatable bonds is 3. The predicted molar refractivity (Wildman–Crippen MR) is 64.6 cm³/mol. The van der Waals surface area contributed by atoms with Gasteiger partial charge in [-0.2, -0.15) is 0 Å². The standard InChI is InChI=1S/C12H16ClNO2/c1-8-9(3-2-4-14)10(13)7-11-12(8)16-6-5-15-11/h7H,2-6,14H2,1H3. The summed E-state index contributed by atoms with van der Waals surface area (Å²) in [6.07, 6.45) is 1.82. The summed E-state index contributed by atoms with van der Waals surface area (Å²) in [5.41, 5.74) is 7.72. The lowest BCUT2D eigenvalue weighted by molar-refractivity contribution is 0.170. The van der Waals surface area contributed by atoms with Crippen LogP contribution in [0.5, 0.6) is 11.5 Å². The Morgan fingerprint density at radius 1 is 1.38 bits per heavy atom. The van der Waals surface area contributed by atoms with Gasteiger partial charge in [0.25, 0.3) is 0 Å². The summed E-state index contributed by atoms with van der Waals surface area (Å²) < 4.78 is 11.1. The van der Waals surface area contributed by atoms with Crippen LogP contribution in [0.15, 0.2) is 6.07 Å². The van der Waals surface area contributed by atoms with Crippen molar-refractivity contribution in [1.82, 2.24) is 0 Å². The van der Waals surface area contributed by atoms with E-state index in [-0.39, 0.29) is 0 Å². The molecule has 2 N–H and O–H groups in total. The van der Waals surface area contributed by atoms with E-state index >= 15 is 0 Å². The number of nitrogens with two attached hydrogens (primary N) is 1. The first-order valence-electron chi connectivity index (χ1n) is 5.51. The van der Waals surface area contributed by atoms with Gasteiger partial charge >= 0.3 is 0 Å². The molecule has 88 valence electrons. The number of halogens is 1. The van der Waals surface area contributed by atoms with Crippen molar-refractivity contribution in [3.8, 4) is 11.5 Å². The fourth-order valence-electron chi connectivity index (χ4n) is 1.94. The number of hydrogen-bond donors (Lipinski definition) is 1. The lowest BCUT2D eigenvalue weighted by Gasteiger charge is -2.22. The highest BCUT2D eigenvalue weighted by Crippen LogP contribution is 2.39. The lowest BCUT2D eigenvalue weighted by atomic mass is 10.0. The molecule has 0 radical (unpaired) electrons. The van der Waals surface area contributed by atoms with Gasteiger partial charge in [0.15, 0.2) is 11.5 Å². The van der Waals surface area contributed by atoms with Gasteiger partial charge in [-0.15, -0.1) is 0 Å².